The lowest BCUT2D eigenvalue weighted by molar-refractivity contribution is 0.102. The van der Waals surface area contributed by atoms with Gasteiger partial charge in [-0.05, 0) is 31.4 Å². The number of aryl methyl sites for hydroxylation is 1. The van der Waals surface area contributed by atoms with Crippen molar-refractivity contribution in [2.75, 3.05) is 11.6 Å². The summed E-state index contributed by atoms with van der Waals surface area (Å²) >= 11 is 9.04. The Morgan fingerprint density at radius 2 is 2.28 bits per heavy atom. The topological polar surface area (TPSA) is 42.0 Å². The molecule has 1 amide bonds. The van der Waals surface area contributed by atoms with E-state index in [1.165, 1.54) is 11.3 Å². The van der Waals surface area contributed by atoms with Crippen LogP contribution in [0.1, 0.15) is 15.2 Å². The van der Waals surface area contributed by atoms with Gasteiger partial charge in [-0.3, -0.25) is 10.1 Å². The molecule has 1 heterocycles. The molecule has 0 spiro atoms. The molecule has 0 aliphatic heterocycles. The molecular formula is C12H11ClN2OS2. The molecule has 0 saturated carbocycles. The van der Waals surface area contributed by atoms with Crippen LogP contribution in [0, 0.1) is 6.92 Å². The summed E-state index contributed by atoms with van der Waals surface area (Å²) in [5.41, 5.74) is 0.469. The number of aromatic nitrogens is 1. The first-order valence-electron chi connectivity index (χ1n) is 5.17. The molecule has 0 atom stereocenters. The molecule has 1 aromatic heterocycles. The Morgan fingerprint density at radius 1 is 1.50 bits per heavy atom. The number of halogens is 1. The Labute approximate surface area is 119 Å². The summed E-state index contributed by atoms with van der Waals surface area (Å²) in [7, 11) is 0. The summed E-state index contributed by atoms with van der Waals surface area (Å²) in [5.74, 6) is -0.231. The second-order valence-corrected chi connectivity index (χ2v) is 6.10. The predicted molar refractivity (Wildman–Crippen MR) is 78.0 cm³/mol. The van der Waals surface area contributed by atoms with Crippen LogP contribution in [0.2, 0.25) is 5.02 Å². The number of carbonyl (C=O) groups is 1. The van der Waals surface area contributed by atoms with E-state index < -0.39 is 0 Å². The van der Waals surface area contributed by atoms with Crippen molar-refractivity contribution in [3.8, 4) is 0 Å². The quantitative estimate of drug-likeness (QED) is 0.868. The Kier molecular flexibility index (Phi) is 4.27. The molecule has 0 aliphatic rings. The van der Waals surface area contributed by atoms with Crippen molar-refractivity contribution >= 4 is 45.7 Å². The largest absolute Gasteiger partial charge is 0.298 e. The van der Waals surface area contributed by atoms with Crippen LogP contribution in [0.15, 0.2) is 29.3 Å². The van der Waals surface area contributed by atoms with E-state index in [9.17, 15) is 4.79 Å². The molecule has 0 saturated heterocycles. The maximum Gasteiger partial charge on any atom is 0.258 e. The number of amides is 1. The van der Waals surface area contributed by atoms with Crippen molar-refractivity contribution < 1.29 is 4.79 Å². The van der Waals surface area contributed by atoms with E-state index in [0.29, 0.717) is 15.7 Å². The molecule has 0 bridgehead atoms. The van der Waals surface area contributed by atoms with Crippen LogP contribution in [0.5, 0.6) is 0 Å². The van der Waals surface area contributed by atoms with Gasteiger partial charge < -0.3 is 0 Å². The monoisotopic (exact) mass is 298 g/mol. The van der Waals surface area contributed by atoms with Gasteiger partial charge in [0.05, 0.1) is 10.6 Å². The fourth-order valence-electron chi connectivity index (χ4n) is 1.38. The number of hydrogen-bond acceptors (Lipinski definition) is 4. The highest BCUT2D eigenvalue weighted by Crippen LogP contribution is 2.24. The van der Waals surface area contributed by atoms with Gasteiger partial charge in [-0.1, -0.05) is 11.6 Å². The molecular weight excluding hydrogens is 288 g/mol. The van der Waals surface area contributed by atoms with E-state index in [1.807, 2.05) is 19.2 Å². The lowest BCUT2D eigenvalue weighted by atomic mass is 10.2. The third-order valence-electron chi connectivity index (χ3n) is 2.26. The molecule has 2 rings (SSSR count). The minimum atomic E-state index is -0.231. The predicted octanol–water partition coefficient (Wildman–Crippen LogP) is 4.08. The number of hydrogen-bond donors (Lipinski definition) is 1. The third kappa shape index (κ3) is 3.04. The van der Waals surface area contributed by atoms with Crippen molar-refractivity contribution in [1.29, 1.82) is 0 Å². The van der Waals surface area contributed by atoms with Crippen LogP contribution in [0.3, 0.4) is 0 Å². The third-order valence-corrected chi connectivity index (χ3v) is 4.14. The fraction of sp³-hybridized carbons (Fsp3) is 0.167. The first kappa shape index (κ1) is 13.4. The van der Waals surface area contributed by atoms with Gasteiger partial charge in [0.25, 0.3) is 5.91 Å². The highest BCUT2D eigenvalue weighted by atomic mass is 35.5. The molecule has 1 aromatic carbocycles. The van der Waals surface area contributed by atoms with Crippen molar-refractivity contribution in [3.05, 3.63) is 39.9 Å². The SMILES string of the molecule is CSc1ccc(Cl)c(C(=O)Nc2ncc(C)s2)c1. The van der Waals surface area contributed by atoms with Gasteiger partial charge in [0.2, 0.25) is 0 Å². The van der Waals surface area contributed by atoms with Gasteiger partial charge in [-0.15, -0.1) is 23.1 Å². The highest BCUT2D eigenvalue weighted by Gasteiger charge is 2.12. The van der Waals surface area contributed by atoms with Crippen molar-refractivity contribution in [2.24, 2.45) is 0 Å². The van der Waals surface area contributed by atoms with Crippen molar-refractivity contribution in [2.45, 2.75) is 11.8 Å². The maximum absolute atomic E-state index is 12.1. The molecule has 94 valence electrons. The van der Waals surface area contributed by atoms with E-state index in [0.717, 1.165) is 9.77 Å². The van der Waals surface area contributed by atoms with E-state index in [-0.39, 0.29) is 5.91 Å². The minimum Gasteiger partial charge on any atom is -0.298 e. The number of thioether (sulfide) groups is 1. The van der Waals surface area contributed by atoms with Crippen molar-refractivity contribution in [1.82, 2.24) is 4.98 Å². The molecule has 1 N–H and O–H groups in total. The second kappa shape index (κ2) is 5.73. The summed E-state index contributed by atoms with van der Waals surface area (Å²) < 4.78 is 0. The molecule has 0 aliphatic carbocycles. The summed E-state index contributed by atoms with van der Waals surface area (Å²) in [6, 6.07) is 5.40. The number of anilines is 1. The van der Waals surface area contributed by atoms with Crippen LogP contribution in [0.25, 0.3) is 0 Å². The second-order valence-electron chi connectivity index (χ2n) is 3.58. The van der Waals surface area contributed by atoms with Crippen LogP contribution >= 0.6 is 34.7 Å². The minimum absolute atomic E-state index is 0.231. The van der Waals surface area contributed by atoms with Crippen LogP contribution < -0.4 is 5.32 Å². The van der Waals surface area contributed by atoms with Crippen molar-refractivity contribution in [3.63, 3.8) is 0 Å². The Hall–Kier alpha value is -1.04. The Bertz CT molecular complexity index is 583. The summed E-state index contributed by atoms with van der Waals surface area (Å²) in [6.07, 6.45) is 3.68. The highest BCUT2D eigenvalue weighted by molar-refractivity contribution is 7.98. The molecule has 0 unspecified atom stereocenters. The normalized spacial score (nSPS) is 10.4. The zero-order valence-electron chi connectivity index (χ0n) is 9.86. The lowest BCUT2D eigenvalue weighted by Crippen LogP contribution is -2.12. The van der Waals surface area contributed by atoms with Gasteiger partial charge in [-0.2, -0.15) is 0 Å². The Balaban J connectivity index is 2.23. The molecule has 2 aromatic rings. The number of benzene rings is 1. The number of carbonyl (C=O) groups excluding carboxylic acids is 1. The number of thiazole rings is 1. The van der Waals surface area contributed by atoms with E-state index >= 15 is 0 Å². The van der Waals surface area contributed by atoms with Gasteiger partial charge in [0, 0.05) is 16.0 Å². The standard InChI is InChI=1S/C12H11ClN2OS2/c1-7-6-14-12(18-7)15-11(16)9-5-8(17-2)3-4-10(9)13/h3-6H,1-2H3,(H,14,15,16). The van der Waals surface area contributed by atoms with Gasteiger partial charge in [-0.25, -0.2) is 4.98 Å². The average molecular weight is 299 g/mol. The summed E-state index contributed by atoms with van der Waals surface area (Å²) in [6.45, 7) is 1.94. The molecule has 0 fully saturated rings. The smallest absolute Gasteiger partial charge is 0.258 e. The van der Waals surface area contributed by atoms with Crippen LogP contribution in [-0.2, 0) is 0 Å². The summed E-state index contributed by atoms with van der Waals surface area (Å²) in [5, 5.41) is 3.78. The van der Waals surface area contributed by atoms with Crippen LogP contribution in [-0.4, -0.2) is 17.1 Å². The summed E-state index contributed by atoms with van der Waals surface area (Å²) in [4.78, 5) is 18.2. The average Bonchev–Trinajstić information content (AvgIpc) is 2.75. The number of rotatable bonds is 3. The molecule has 3 nitrogen and oxygen atoms in total. The van der Waals surface area contributed by atoms with Gasteiger partial charge in [0.1, 0.15) is 0 Å². The zero-order valence-corrected chi connectivity index (χ0v) is 12.2. The first-order valence-corrected chi connectivity index (χ1v) is 7.59. The van der Waals surface area contributed by atoms with Gasteiger partial charge in [0.15, 0.2) is 5.13 Å². The molecule has 0 radical (unpaired) electrons. The lowest BCUT2D eigenvalue weighted by Gasteiger charge is -2.05. The molecule has 18 heavy (non-hydrogen) atoms. The molecule has 6 heteroatoms. The Morgan fingerprint density at radius 3 is 2.89 bits per heavy atom. The number of nitrogens with one attached hydrogen (secondary N) is 1. The van der Waals surface area contributed by atoms with E-state index in [1.54, 1.807) is 30.1 Å². The first-order chi connectivity index (χ1) is 8.60. The van der Waals surface area contributed by atoms with Crippen LogP contribution in [0.4, 0.5) is 5.13 Å². The van der Waals surface area contributed by atoms with E-state index in [2.05, 4.69) is 10.3 Å². The fourth-order valence-corrected chi connectivity index (χ4v) is 2.69. The van der Waals surface area contributed by atoms with E-state index in [4.69, 9.17) is 11.6 Å². The number of nitrogens with zero attached hydrogens (tertiary/aromatic N) is 1. The maximum atomic E-state index is 12.1. The zero-order chi connectivity index (χ0) is 13.1. The van der Waals surface area contributed by atoms with Gasteiger partial charge >= 0.3 is 0 Å².